The Bertz CT molecular complexity index is 918. The van der Waals surface area contributed by atoms with Crippen LogP contribution in [0.2, 0.25) is 0 Å². The lowest BCUT2D eigenvalue weighted by Crippen LogP contribution is -2.74. The molecule has 0 radical (unpaired) electrons. The first-order valence-corrected chi connectivity index (χ1v) is 9.64. The number of carbonyl (C=O) groups is 1. The summed E-state index contributed by atoms with van der Waals surface area (Å²) in [5.41, 5.74) is 2.95. The minimum Gasteiger partial charge on any atom is -0.493 e. The van der Waals surface area contributed by atoms with E-state index in [9.17, 15) is 4.79 Å². The first kappa shape index (κ1) is 17.8. The molecule has 2 aromatic rings. The second-order valence-corrected chi connectivity index (χ2v) is 8.90. The highest BCUT2D eigenvalue weighted by molar-refractivity contribution is 8.00. The van der Waals surface area contributed by atoms with Gasteiger partial charge in [0.25, 0.3) is 5.91 Å². The molecule has 1 saturated heterocycles. The van der Waals surface area contributed by atoms with Gasteiger partial charge in [0.1, 0.15) is 0 Å². The van der Waals surface area contributed by atoms with Crippen LogP contribution in [0.15, 0.2) is 41.3 Å². The molecule has 0 spiro atoms. The first-order chi connectivity index (χ1) is 12.4. The van der Waals surface area contributed by atoms with Crippen LogP contribution >= 0.6 is 35.0 Å². The summed E-state index contributed by atoms with van der Waals surface area (Å²) in [6.45, 7) is 2.41. The van der Waals surface area contributed by atoms with Crippen LogP contribution < -0.4 is 9.47 Å². The van der Waals surface area contributed by atoms with Gasteiger partial charge in [-0.1, -0.05) is 59.2 Å². The van der Waals surface area contributed by atoms with Crippen molar-refractivity contribution in [3.8, 4) is 11.5 Å². The lowest BCUT2D eigenvalue weighted by Gasteiger charge is -2.61. The molecule has 7 heteroatoms. The van der Waals surface area contributed by atoms with E-state index in [4.69, 9.17) is 32.7 Å². The Hall–Kier alpha value is -1.56. The number of β-lactam (4-membered cyclic amide) rings is 1. The lowest BCUT2D eigenvalue weighted by atomic mass is 9.87. The monoisotopic (exact) mass is 409 g/mol. The van der Waals surface area contributed by atoms with E-state index in [2.05, 4.69) is 0 Å². The average Bonchev–Trinajstić information content (AvgIpc) is 2.65. The van der Waals surface area contributed by atoms with Gasteiger partial charge in [0, 0.05) is 11.4 Å². The van der Waals surface area contributed by atoms with E-state index >= 15 is 0 Å². The highest BCUT2D eigenvalue weighted by Gasteiger charge is 2.73. The number of methoxy groups -OCH3 is 2. The van der Waals surface area contributed by atoms with Gasteiger partial charge in [-0.15, -0.1) is 0 Å². The molecule has 4 nitrogen and oxygen atoms in total. The number of amides is 1. The highest BCUT2D eigenvalue weighted by Crippen LogP contribution is 2.67. The van der Waals surface area contributed by atoms with Gasteiger partial charge in [0.05, 0.1) is 14.2 Å². The van der Waals surface area contributed by atoms with E-state index in [1.165, 1.54) is 11.8 Å². The van der Waals surface area contributed by atoms with Crippen LogP contribution in [0, 0.1) is 6.92 Å². The summed E-state index contributed by atoms with van der Waals surface area (Å²) in [7, 11) is 3.19. The minimum absolute atomic E-state index is 0.281. The van der Waals surface area contributed by atoms with Crippen molar-refractivity contribution in [2.45, 2.75) is 27.6 Å². The van der Waals surface area contributed by atoms with Crippen molar-refractivity contribution < 1.29 is 14.3 Å². The molecule has 0 N–H and O–H groups in total. The topological polar surface area (TPSA) is 38.8 Å². The normalized spacial score (nSPS) is 23.0. The Balaban J connectivity index is 1.91. The van der Waals surface area contributed by atoms with Crippen LogP contribution in [-0.2, 0) is 16.2 Å². The Morgan fingerprint density at radius 3 is 2.42 bits per heavy atom. The molecule has 1 fully saturated rings. The van der Waals surface area contributed by atoms with Gasteiger partial charge in [-0.05, 0) is 35.7 Å². The van der Waals surface area contributed by atoms with E-state index in [1.807, 2.05) is 43.3 Å². The molecule has 2 aliphatic heterocycles. The number of fused-ring (bicyclic) bond motifs is 2. The van der Waals surface area contributed by atoms with Crippen LogP contribution in [0.25, 0.3) is 0 Å². The van der Waals surface area contributed by atoms with E-state index in [1.54, 1.807) is 19.1 Å². The molecule has 0 saturated carbocycles. The van der Waals surface area contributed by atoms with Gasteiger partial charge < -0.3 is 14.4 Å². The van der Waals surface area contributed by atoms with Crippen LogP contribution in [0.4, 0.5) is 0 Å². The van der Waals surface area contributed by atoms with Gasteiger partial charge in [0.15, 0.2) is 16.4 Å². The largest absolute Gasteiger partial charge is 0.493 e. The first-order valence-electron chi connectivity index (χ1n) is 8.06. The summed E-state index contributed by atoms with van der Waals surface area (Å²) in [6.07, 6.45) is 0. The number of benzene rings is 2. The van der Waals surface area contributed by atoms with Gasteiger partial charge in [0.2, 0.25) is 4.33 Å². The molecule has 1 unspecified atom stereocenters. The van der Waals surface area contributed by atoms with Crippen LogP contribution in [-0.4, -0.2) is 29.4 Å². The average molecular weight is 410 g/mol. The number of thioether (sulfide) groups is 1. The maximum absolute atomic E-state index is 12.7. The third kappa shape index (κ3) is 2.14. The summed E-state index contributed by atoms with van der Waals surface area (Å²) >= 11 is 14.7. The number of aryl methyl sites for hydroxylation is 1. The van der Waals surface area contributed by atoms with Crippen molar-refractivity contribution >= 4 is 40.9 Å². The molecule has 1 atom stereocenters. The number of hydrogen-bond donors (Lipinski definition) is 0. The van der Waals surface area contributed by atoms with Gasteiger partial charge >= 0.3 is 0 Å². The van der Waals surface area contributed by atoms with Crippen LogP contribution in [0.1, 0.15) is 16.7 Å². The van der Waals surface area contributed by atoms with Crippen LogP contribution in [0.5, 0.6) is 11.5 Å². The standard InChI is InChI=1S/C19H17Cl2NO3S/c1-11-6-4-5-7-13(11)19-18(20,21)17(23)22(19)10-12-8-14(24-2)15(25-3)9-16(12)26-19/h4-9H,10H2,1-3H3. The highest BCUT2D eigenvalue weighted by atomic mass is 35.5. The summed E-state index contributed by atoms with van der Waals surface area (Å²) in [5, 5.41) is 0. The summed E-state index contributed by atoms with van der Waals surface area (Å²) in [6, 6.07) is 11.7. The number of halogens is 2. The maximum atomic E-state index is 12.7. The van der Waals surface area contributed by atoms with Gasteiger partial charge in [-0.3, -0.25) is 4.79 Å². The van der Waals surface area contributed by atoms with E-state index in [-0.39, 0.29) is 5.91 Å². The van der Waals surface area contributed by atoms with Crippen molar-refractivity contribution in [2.75, 3.05) is 14.2 Å². The fraction of sp³-hybridized carbons (Fsp3) is 0.316. The summed E-state index contributed by atoms with van der Waals surface area (Å²) < 4.78 is 9.29. The number of hydrogen-bond acceptors (Lipinski definition) is 4. The summed E-state index contributed by atoms with van der Waals surface area (Å²) in [4.78, 5) is 14.5. The third-order valence-electron chi connectivity index (χ3n) is 4.98. The van der Waals surface area contributed by atoms with E-state index in [0.717, 1.165) is 21.6 Å². The number of carbonyl (C=O) groups excluding carboxylic acids is 1. The van der Waals surface area contributed by atoms with Gasteiger partial charge in [-0.2, -0.15) is 0 Å². The molecule has 2 heterocycles. The molecular formula is C19H17Cl2NO3S. The molecule has 2 aromatic carbocycles. The van der Waals surface area contributed by atoms with Crippen molar-refractivity contribution in [2.24, 2.45) is 0 Å². The molecule has 1 amide bonds. The Morgan fingerprint density at radius 1 is 1.12 bits per heavy atom. The van der Waals surface area contributed by atoms with Crippen LogP contribution in [0.3, 0.4) is 0 Å². The lowest BCUT2D eigenvalue weighted by molar-refractivity contribution is -0.153. The minimum atomic E-state index is -1.53. The number of nitrogens with zero attached hydrogens (tertiary/aromatic N) is 1. The maximum Gasteiger partial charge on any atom is 0.264 e. The number of alkyl halides is 2. The molecule has 0 bridgehead atoms. The van der Waals surface area contributed by atoms with E-state index < -0.39 is 9.20 Å². The molecule has 26 heavy (non-hydrogen) atoms. The molecule has 136 valence electrons. The second-order valence-electron chi connectivity index (χ2n) is 6.34. The van der Waals surface area contributed by atoms with Crippen molar-refractivity contribution in [1.82, 2.24) is 4.90 Å². The smallest absolute Gasteiger partial charge is 0.264 e. The fourth-order valence-corrected chi connectivity index (χ4v) is 6.04. The molecule has 2 aliphatic rings. The predicted octanol–water partition coefficient (Wildman–Crippen LogP) is 4.49. The van der Waals surface area contributed by atoms with Crippen molar-refractivity contribution in [3.63, 3.8) is 0 Å². The molecule has 0 aromatic heterocycles. The van der Waals surface area contributed by atoms with Crippen molar-refractivity contribution in [3.05, 3.63) is 53.1 Å². The quantitative estimate of drug-likeness (QED) is 0.552. The third-order valence-corrected chi connectivity index (χ3v) is 7.72. The zero-order valence-corrected chi connectivity index (χ0v) is 16.8. The SMILES string of the molecule is COc1cc2c(cc1OC)SC1(c3ccccc3C)N(C2)C(=O)C1(Cl)Cl. The molecule has 4 rings (SSSR count). The Labute approximate surface area is 166 Å². The number of ether oxygens (including phenoxy) is 2. The molecular weight excluding hydrogens is 393 g/mol. The zero-order chi connectivity index (χ0) is 18.7. The second kappa shape index (κ2) is 5.98. The zero-order valence-electron chi connectivity index (χ0n) is 14.5. The van der Waals surface area contributed by atoms with Gasteiger partial charge in [-0.25, -0.2) is 0 Å². The Kier molecular flexibility index (Phi) is 4.10. The van der Waals surface area contributed by atoms with E-state index in [0.29, 0.717) is 18.0 Å². The van der Waals surface area contributed by atoms with Crippen molar-refractivity contribution in [1.29, 1.82) is 0 Å². The summed E-state index contributed by atoms with van der Waals surface area (Å²) in [5.74, 6) is 0.982. The Morgan fingerprint density at radius 2 is 1.77 bits per heavy atom. The number of rotatable bonds is 3. The fourth-order valence-electron chi connectivity index (χ4n) is 3.65. The predicted molar refractivity (Wildman–Crippen MR) is 103 cm³/mol. The molecule has 0 aliphatic carbocycles.